The average molecular weight is 423 g/mol. The first-order valence-corrected chi connectivity index (χ1v) is 10.5. The molecule has 29 heavy (non-hydrogen) atoms. The molecule has 4 rings (SSSR count). The third-order valence-electron chi connectivity index (χ3n) is 4.87. The van der Waals surface area contributed by atoms with Crippen molar-refractivity contribution in [2.24, 2.45) is 0 Å². The lowest BCUT2D eigenvalue weighted by atomic mass is 9.97. The zero-order valence-corrected chi connectivity index (χ0v) is 17.0. The van der Waals surface area contributed by atoms with Crippen molar-refractivity contribution in [1.29, 1.82) is 0 Å². The fraction of sp³-hybridized carbons (Fsp3) is 0.130. The van der Waals surface area contributed by atoms with Crippen LogP contribution in [0.4, 0.5) is 5.69 Å². The molecule has 0 aliphatic carbocycles. The Labute approximate surface area is 178 Å². The van der Waals surface area contributed by atoms with Crippen LogP contribution in [0.15, 0.2) is 91.0 Å². The topological polar surface area (TPSA) is 55.2 Å². The molecule has 146 valence electrons. The van der Waals surface area contributed by atoms with Gasteiger partial charge in [0, 0.05) is 20.5 Å². The Kier molecular flexibility index (Phi) is 5.88. The van der Waals surface area contributed by atoms with E-state index < -0.39 is 12.1 Å². The molecule has 0 bridgehead atoms. The SMILES string of the molecule is O=[N+]([O-])[C@@H]1[C@@H](c2ccccc2)SC(c2ccccc2)=C[C@H]1Nc1ccc(Cl)cc1. The van der Waals surface area contributed by atoms with E-state index in [0.717, 1.165) is 21.7 Å². The molecule has 3 aromatic rings. The monoisotopic (exact) mass is 422 g/mol. The predicted octanol–water partition coefficient (Wildman–Crippen LogP) is 6.30. The van der Waals surface area contributed by atoms with E-state index in [4.69, 9.17) is 11.6 Å². The summed E-state index contributed by atoms with van der Waals surface area (Å²) in [7, 11) is 0. The van der Waals surface area contributed by atoms with E-state index >= 15 is 0 Å². The van der Waals surface area contributed by atoms with Gasteiger partial charge in [-0.2, -0.15) is 0 Å². The van der Waals surface area contributed by atoms with Gasteiger partial charge >= 0.3 is 0 Å². The number of hydrogen-bond acceptors (Lipinski definition) is 4. The quantitative estimate of drug-likeness (QED) is 0.387. The number of thioether (sulfide) groups is 1. The zero-order chi connectivity index (χ0) is 20.2. The third-order valence-corrected chi connectivity index (χ3v) is 6.55. The molecule has 1 heterocycles. The fourth-order valence-corrected chi connectivity index (χ4v) is 5.08. The summed E-state index contributed by atoms with van der Waals surface area (Å²) in [4.78, 5) is 13.0. The van der Waals surface area contributed by atoms with Gasteiger partial charge < -0.3 is 5.32 Å². The minimum atomic E-state index is -0.814. The molecule has 0 fully saturated rings. The van der Waals surface area contributed by atoms with E-state index in [9.17, 15) is 10.1 Å². The molecule has 0 radical (unpaired) electrons. The van der Waals surface area contributed by atoms with Gasteiger partial charge in [0.1, 0.15) is 11.3 Å². The average Bonchev–Trinajstić information content (AvgIpc) is 2.76. The molecule has 1 aliphatic heterocycles. The fourth-order valence-electron chi connectivity index (χ4n) is 3.48. The predicted molar refractivity (Wildman–Crippen MR) is 121 cm³/mol. The molecular formula is C23H19ClN2O2S. The van der Waals surface area contributed by atoms with E-state index in [2.05, 4.69) is 5.32 Å². The van der Waals surface area contributed by atoms with Crippen molar-refractivity contribution in [3.05, 3.63) is 117 Å². The molecule has 0 unspecified atom stereocenters. The molecular weight excluding hydrogens is 404 g/mol. The number of nitrogens with one attached hydrogen (secondary N) is 1. The smallest absolute Gasteiger partial charge is 0.252 e. The summed E-state index contributed by atoms with van der Waals surface area (Å²) in [6.07, 6.45) is 1.97. The maximum absolute atomic E-state index is 12.1. The van der Waals surface area contributed by atoms with Crippen LogP contribution in [-0.2, 0) is 0 Å². The molecule has 3 aromatic carbocycles. The van der Waals surface area contributed by atoms with Crippen LogP contribution < -0.4 is 5.32 Å². The number of halogens is 1. The first-order chi connectivity index (χ1) is 14.1. The van der Waals surface area contributed by atoms with Crippen LogP contribution in [0.25, 0.3) is 4.91 Å². The van der Waals surface area contributed by atoms with Crippen LogP contribution in [0.5, 0.6) is 0 Å². The second-order valence-corrected chi connectivity index (χ2v) is 8.42. The van der Waals surface area contributed by atoms with Crippen LogP contribution in [0.2, 0.25) is 5.02 Å². The lowest BCUT2D eigenvalue weighted by Crippen LogP contribution is -2.43. The Bertz CT molecular complexity index is 1010. The number of rotatable bonds is 5. The van der Waals surface area contributed by atoms with Gasteiger partial charge in [-0.3, -0.25) is 10.1 Å². The summed E-state index contributed by atoms with van der Waals surface area (Å²) in [6, 6.07) is 25.7. The highest BCUT2D eigenvalue weighted by atomic mass is 35.5. The standard InChI is InChI=1S/C23H19ClN2O2S/c24-18-11-13-19(14-12-18)25-20-15-21(16-7-3-1-4-8-16)29-23(22(20)26(27)28)17-9-5-2-6-10-17/h1-15,20,22-23,25H/t20-,22+,23-/m1/s1. The molecule has 6 heteroatoms. The van der Waals surface area contributed by atoms with Crippen molar-refractivity contribution in [2.75, 3.05) is 5.32 Å². The van der Waals surface area contributed by atoms with Gasteiger partial charge in [-0.25, -0.2) is 0 Å². The number of nitro groups is 1. The lowest BCUT2D eigenvalue weighted by molar-refractivity contribution is -0.523. The summed E-state index contributed by atoms with van der Waals surface area (Å²) in [6.45, 7) is 0. The normalized spacial score (nSPS) is 21.3. The van der Waals surface area contributed by atoms with Crippen molar-refractivity contribution in [3.8, 4) is 0 Å². The van der Waals surface area contributed by atoms with Gasteiger partial charge in [-0.15, -0.1) is 11.8 Å². The Morgan fingerprint density at radius 1 is 0.897 bits per heavy atom. The number of anilines is 1. The Morgan fingerprint density at radius 3 is 2.14 bits per heavy atom. The Balaban J connectivity index is 1.77. The Morgan fingerprint density at radius 2 is 1.52 bits per heavy atom. The van der Waals surface area contributed by atoms with Gasteiger partial charge in [0.15, 0.2) is 0 Å². The van der Waals surface area contributed by atoms with E-state index in [1.54, 1.807) is 23.9 Å². The van der Waals surface area contributed by atoms with Crippen molar-refractivity contribution >= 4 is 34.0 Å². The summed E-state index contributed by atoms with van der Waals surface area (Å²) < 4.78 is 0. The van der Waals surface area contributed by atoms with E-state index in [0.29, 0.717) is 5.02 Å². The minimum Gasteiger partial charge on any atom is -0.373 e. The second kappa shape index (κ2) is 8.72. The molecule has 0 spiro atoms. The van der Waals surface area contributed by atoms with Gasteiger partial charge in [0.2, 0.25) is 0 Å². The first-order valence-electron chi connectivity index (χ1n) is 9.26. The van der Waals surface area contributed by atoms with Crippen molar-refractivity contribution in [2.45, 2.75) is 17.3 Å². The number of benzene rings is 3. The molecule has 1 aliphatic rings. The van der Waals surface area contributed by atoms with Gasteiger partial charge in [0.05, 0.1) is 0 Å². The van der Waals surface area contributed by atoms with Crippen molar-refractivity contribution in [1.82, 2.24) is 0 Å². The highest BCUT2D eigenvalue weighted by molar-refractivity contribution is 8.08. The third kappa shape index (κ3) is 4.47. The van der Waals surface area contributed by atoms with E-state index in [1.165, 1.54) is 0 Å². The second-order valence-electron chi connectivity index (χ2n) is 6.80. The van der Waals surface area contributed by atoms with E-state index in [-0.39, 0.29) is 10.2 Å². The lowest BCUT2D eigenvalue weighted by Gasteiger charge is -2.32. The molecule has 0 saturated heterocycles. The van der Waals surface area contributed by atoms with Crippen LogP contribution >= 0.6 is 23.4 Å². The maximum Gasteiger partial charge on any atom is 0.252 e. The molecule has 4 nitrogen and oxygen atoms in total. The maximum atomic E-state index is 12.1. The van der Waals surface area contributed by atoms with Gasteiger partial charge in [-0.05, 0) is 41.5 Å². The molecule has 0 amide bonds. The number of nitrogens with zero attached hydrogens (tertiary/aromatic N) is 1. The molecule has 1 N–H and O–H groups in total. The van der Waals surface area contributed by atoms with E-state index in [1.807, 2.05) is 78.9 Å². The largest absolute Gasteiger partial charge is 0.373 e. The van der Waals surface area contributed by atoms with Crippen LogP contribution in [-0.4, -0.2) is 17.0 Å². The zero-order valence-electron chi connectivity index (χ0n) is 15.4. The summed E-state index contributed by atoms with van der Waals surface area (Å²) in [5.41, 5.74) is 2.81. The van der Waals surface area contributed by atoms with Crippen molar-refractivity contribution in [3.63, 3.8) is 0 Å². The summed E-state index contributed by atoms with van der Waals surface area (Å²) in [5.74, 6) is 0. The van der Waals surface area contributed by atoms with Crippen molar-refractivity contribution < 1.29 is 4.92 Å². The summed E-state index contributed by atoms with van der Waals surface area (Å²) in [5, 5.41) is 15.8. The van der Waals surface area contributed by atoms with Gasteiger partial charge in [0.25, 0.3) is 6.04 Å². The van der Waals surface area contributed by atoms with Crippen LogP contribution in [0, 0.1) is 10.1 Å². The molecule has 0 saturated carbocycles. The Hall–Kier alpha value is -2.76. The van der Waals surface area contributed by atoms with Crippen LogP contribution in [0.3, 0.4) is 0 Å². The highest BCUT2D eigenvalue weighted by Gasteiger charge is 2.43. The first kappa shape index (κ1) is 19.6. The summed E-state index contributed by atoms with van der Waals surface area (Å²) >= 11 is 7.54. The number of hydrogen-bond donors (Lipinski definition) is 1. The van der Waals surface area contributed by atoms with Gasteiger partial charge in [-0.1, -0.05) is 72.3 Å². The van der Waals surface area contributed by atoms with Crippen LogP contribution in [0.1, 0.15) is 16.4 Å². The minimum absolute atomic E-state index is 0.170. The highest BCUT2D eigenvalue weighted by Crippen LogP contribution is 2.48. The molecule has 3 atom stereocenters. The molecule has 0 aromatic heterocycles.